The van der Waals surface area contributed by atoms with Gasteiger partial charge < -0.3 is 43.7 Å². The van der Waals surface area contributed by atoms with E-state index in [1.807, 2.05) is 124 Å². The number of carbonyl (C=O) groups is 1. The quantitative estimate of drug-likeness (QED) is 0.0319. The number of aromatic nitrogens is 5. The minimum atomic E-state index is -4.43. The maximum atomic E-state index is 13.0. The Hall–Kier alpha value is -12.0. The van der Waals surface area contributed by atoms with Crippen LogP contribution in [-0.4, -0.2) is 136 Å². The zero-order valence-corrected chi connectivity index (χ0v) is 71.1. The van der Waals surface area contributed by atoms with Gasteiger partial charge in [0.1, 0.15) is 61.1 Å². The Bertz CT molecular complexity index is 5310. The highest BCUT2D eigenvalue weighted by molar-refractivity contribution is 5.94. The van der Waals surface area contributed by atoms with E-state index in [1.165, 1.54) is 70.8 Å². The van der Waals surface area contributed by atoms with Crippen molar-refractivity contribution in [2.45, 2.75) is 136 Å². The standard InChI is InChI=1S/C26H27F3N2O.C25H27F3N2O2.C24H23F3N2O3.C23H26F3N3O2/c1-20-5-2-3-7-22(20)17-31(16-21-6-4-14-30-15-21)18-25(12-13-25)19-32-24-10-8-23(9-11-24)26(27,28)29;1-18-6-3-4-7-21(18)15-30(19(2)20-8-5-13-29-14-20)16-23(31)17-32-24-11-9-22(10-12-24)25(26,27)28;1-17-5-2-3-6-19(17)14-29(23(31)18-7-4-12-28-13-18)15-21(30)16-32-22-10-8-20(9-11-22)24(25,26)27;1-17-5-3-4-6-18(17)12-29(13-20-11-27-16-28(20)2)14-21(30)15-31-22-9-7-19(8-10-22)23(24,25)26/h2-11,14-15H,12-13,16-19H2,1H3;3-14,19,23,31H,15-17H2,1-2H3;2-13,21,30H,14-16H2,1H3;3-11,16,21,30H,12-15H2,1-2H3. The molecule has 12 aromatic rings. The number of alkyl halides is 12. The number of amides is 1. The van der Waals surface area contributed by atoms with Gasteiger partial charge in [-0.05, 0) is 224 Å². The Morgan fingerprint density at radius 2 is 0.795 bits per heavy atom. The fourth-order valence-corrected chi connectivity index (χ4v) is 13.8. The van der Waals surface area contributed by atoms with Gasteiger partial charge in [-0.25, -0.2) is 4.98 Å². The maximum Gasteiger partial charge on any atom is 0.416 e. The smallest absolute Gasteiger partial charge is 0.416 e. The van der Waals surface area contributed by atoms with Crippen LogP contribution in [0.3, 0.4) is 0 Å². The predicted molar refractivity (Wildman–Crippen MR) is 460 cm³/mol. The molecule has 1 saturated carbocycles. The largest absolute Gasteiger partial charge is 0.493 e. The lowest BCUT2D eigenvalue weighted by atomic mass is 10.0. The number of benzene rings is 8. The van der Waals surface area contributed by atoms with Crippen LogP contribution in [0.5, 0.6) is 23.0 Å². The van der Waals surface area contributed by atoms with Crippen molar-refractivity contribution in [3.63, 3.8) is 0 Å². The molecular weight excluding hydrogens is 1660 g/mol. The van der Waals surface area contributed by atoms with Gasteiger partial charge in [-0.1, -0.05) is 109 Å². The highest BCUT2D eigenvalue weighted by atomic mass is 19.4. The number of carbonyl (C=O) groups excluding carboxylic acids is 1. The molecule has 127 heavy (non-hydrogen) atoms. The van der Waals surface area contributed by atoms with Crippen LogP contribution >= 0.6 is 0 Å². The van der Waals surface area contributed by atoms with Crippen molar-refractivity contribution in [2.24, 2.45) is 12.5 Å². The van der Waals surface area contributed by atoms with Crippen LogP contribution < -0.4 is 18.9 Å². The second-order valence-electron chi connectivity index (χ2n) is 31.5. The van der Waals surface area contributed by atoms with Crippen LogP contribution in [0.4, 0.5) is 52.7 Å². The predicted octanol–water partition coefficient (Wildman–Crippen LogP) is 20.4. The van der Waals surface area contributed by atoms with Crippen molar-refractivity contribution in [3.05, 3.63) is 369 Å². The second-order valence-corrected chi connectivity index (χ2v) is 31.5. The zero-order valence-electron chi connectivity index (χ0n) is 71.1. The summed E-state index contributed by atoms with van der Waals surface area (Å²) >= 11 is 0. The average molecular weight is 1760 g/mol. The molecular formula is C98H103F12N9O8. The van der Waals surface area contributed by atoms with Crippen LogP contribution in [0.25, 0.3) is 0 Å². The summed E-state index contributed by atoms with van der Waals surface area (Å²) < 4.78 is 177. The summed E-state index contributed by atoms with van der Waals surface area (Å²) in [6.45, 7) is 15.7. The van der Waals surface area contributed by atoms with E-state index >= 15 is 0 Å². The first kappa shape index (κ1) is 97.2. The summed E-state index contributed by atoms with van der Waals surface area (Å²) in [6.07, 6.45) is -4.43. The lowest BCUT2D eigenvalue weighted by molar-refractivity contribution is -0.138. The number of aliphatic hydroxyl groups is 3. The molecule has 17 nitrogen and oxygen atoms in total. The van der Waals surface area contributed by atoms with Crippen molar-refractivity contribution in [2.75, 3.05) is 52.6 Å². The molecule has 4 atom stereocenters. The number of aryl methyl sites for hydroxylation is 5. The first-order valence-electron chi connectivity index (χ1n) is 41.1. The fourth-order valence-electron chi connectivity index (χ4n) is 13.8. The van der Waals surface area contributed by atoms with E-state index in [0.29, 0.717) is 50.6 Å². The maximum absolute atomic E-state index is 13.0. The molecule has 13 rings (SSSR count). The molecule has 29 heteroatoms. The highest BCUT2D eigenvalue weighted by Gasteiger charge is 2.45. The van der Waals surface area contributed by atoms with Gasteiger partial charge in [0, 0.05) is 121 Å². The molecule has 8 aromatic carbocycles. The normalized spacial score (nSPS) is 13.5. The third-order valence-electron chi connectivity index (χ3n) is 21.4. The molecule has 1 amide bonds. The Labute approximate surface area is 731 Å². The molecule has 1 aliphatic carbocycles. The van der Waals surface area contributed by atoms with E-state index < -0.39 is 65.3 Å². The van der Waals surface area contributed by atoms with Gasteiger partial charge in [0.05, 0.1) is 53.0 Å². The molecule has 672 valence electrons. The van der Waals surface area contributed by atoms with Crippen molar-refractivity contribution in [1.29, 1.82) is 0 Å². The lowest BCUT2D eigenvalue weighted by Crippen LogP contribution is -2.39. The Kier molecular flexibility index (Phi) is 35.2. The number of rotatable bonds is 35. The number of pyridine rings is 3. The number of halogens is 12. The van der Waals surface area contributed by atoms with E-state index in [1.54, 1.807) is 49.4 Å². The molecule has 0 radical (unpaired) electrons. The molecule has 0 aliphatic heterocycles. The highest BCUT2D eigenvalue weighted by Crippen LogP contribution is 2.47. The van der Waals surface area contributed by atoms with E-state index in [9.17, 15) is 72.8 Å². The molecule has 1 fully saturated rings. The van der Waals surface area contributed by atoms with Gasteiger partial charge in [0.15, 0.2) is 0 Å². The first-order valence-corrected chi connectivity index (χ1v) is 41.1. The van der Waals surface area contributed by atoms with Gasteiger partial charge in [-0.3, -0.25) is 34.4 Å². The summed E-state index contributed by atoms with van der Waals surface area (Å²) in [5.41, 5.74) is 9.79. The number of imidazole rings is 1. The zero-order chi connectivity index (χ0) is 91.3. The average Bonchev–Trinajstić information content (AvgIpc) is 1.64. The molecule has 3 N–H and O–H groups in total. The molecule has 0 spiro atoms. The number of nitrogens with zero attached hydrogens (tertiary/aromatic N) is 9. The summed E-state index contributed by atoms with van der Waals surface area (Å²) in [5.74, 6) is 0.935. The van der Waals surface area contributed by atoms with Gasteiger partial charge in [0.2, 0.25) is 0 Å². The first-order chi connectivity index (χ1) is 60.5. The van der Waals surface area contributed by atoms with Gasteiger partial charge in [0.25, 0.3) is 5.91 Å². The van der Waals surface area contributed by atoms with E-state index in [2.05, 4.69) is 84.9 Å². The molecule has 4 heterocycles. The van der Waals surface area contributed by atoms with Crippen LogP contribution in [0.2, 0.25) is 0 Å². The number of aliphatic hydroxyl groups excluding tert-OH is 3. The molecule has 1 aliphatic rings. The van der Waals surface area contributed by atoms with Crippen molar-refractivity contribution in [1.82, 2.24) is 44.1 Å². The van der Waals surface area contributed by atoms with Crippen LogP contribution in [0.15, 0.2) is 280 Å². The summed E-state index contributed by atoms with van der Waals surface area (Å²) in [6, 6.07) is 61.4. The minimum Gasteiger partial charge on any atom is -0.493 e. The van der Waals surface area contributed by atoms with Gasteiger partial charge >= 0.3 is 24.7 Å². The fraction of sp³-hybridized carbons (Fsp3) is 0.316. The third kappa shape index (κ3) is 31.5. The topological polar surface area (TPSA) is 184 Å². The van der Waals surface area contributed by atoms with E-state index in [-0.39, 0.29) is 67.5 Å². The second kappa shape index (κ2) is 46.0. The van der Waals surface area contributed by atoms with Crippen LogP contribution in [-0.2, 0) is 71.0 Å². The summed E-state index contributed by atoms with van der Waals surface area (Å²) in [7, 11) is 1.92. The van der Waals surface area contributed by atoms with Crippen LogP contribution in [0, 0.1) is 33.1 Å². The molecule has 4 aromatic heterocycles. The van der Waals surface area contributed by atoms with Crippen LogP contribution in [0.1, 0.15) is 120 Å². The van der Waals surface area contributed by atoms with Gasteiger partial charge in [-0.2, -0.15) is 52.7 Å². The number of hydrogen-bond donors (Lipinski definition) is 3. The van der Waals surface area contributed by atoms with Crippen molar-refractivity contribution in [3.8, 4) is 23.0 Å². The minimum absolute atomic E-state index is 0.0102. The molecule has 0 saturated heterocycles. The number of hydrogen-bond acceptors (Lipinski definition) is 15. The molecule has 0 bridgehead atoms. The number of ether oxygens (including phenoxy) is 4. The third-order valence-corrected chi connectivity index (χ3v) is 21.4. The van der Waals surface area contributed by atoms with E-state index in [0.717, 1.165) is 131 Å². The lowest BCUT2D eigenvalue weighted by Gasteiger charge is -2.31. The molecule has 4 unspecified atom stereocenters. The van der Waals surface area contributed by atoms with Crippen molar-refractivity contribution < 1.29 is 91.7 Å². The van der Waals surface area contributed by atoms with Crippen molar-refractivity contribution >= 4 is 5.91 Å². The Balaban J connectivity index is 0.000000177. The Morgan fingerprint density at radius 1 is 0.409 bits per heavy atom. The monoisotopic (exact) mass is 1760 g/mol. The van der Waals surface area contributed by atoms with Gasteiger partial charge in [-0.15, -0.1) is 0 Å². The summed E-state index contributed by atoms with van der Waals surface area (Å²) in [4.78, 5) is 37.8. The Morgan fingerprint density at radius 3 is 1.18 bits per heavy atom. The van der Waals surface area contributed by atoms with E-state index in [4.69, 9.17) is 18.9 Å². The SMILES string of the molecule is Cc1ccccc1CN(CC(O)COc1ccc(C(F)(F)F)cc1)C(=O)c1cccnc1.Cc1ccccc1CN(CC(O)COc1ccc(C(F)(F)F)cc1)C(C)c1cccnc1.Cc1ccccc1CN(Cc1cccnc1)CC1(COc2ccc(C(F)(F)F)cc2)CC1.Cc1ccccc1CN(Cc1cncn1C)CC(O)COc1ccc(C(F)(F)F)cc1. The summed E-state index contributed by atoms with van der Waals surface area (Å²) in [5, 5.41) is 31.7.